The van der Waals surface area contributed by atoms with Gasteiger partial charge in [-0.3, -0.25) is 0 Å². The highest BCUT2D eigenvalue weighted by molar-refractivity contribution is 5.69. The molecule has 0 spiro atoms. The Morgan fingerprint density at radius 2 is 1.73 bits per heavy atom. The third-order valence-corrected chi connectivity index (χ3v) is 2.92. The molecule has 1 aliphatic rings. The van der Waals surface area contributed by atoms with Crippen LogP contribution in [0.2, 0.25) is 0 Å². The molecule has 2 aromatic carbocycles. The van der Waals surface area contributed by atoms with Crippen molar-refractivity contribution in [2.45, 2.75) is 6.42 Å². The van der Waals surface area contributed by atoms with E-state index in [9.17, 15) is 0 Å². The lowest BCUT2D eigenvalue weighted by atomic mass is 10.0. The second kappa shape index (κ2) is 3.43. The van der Waals surface area contributed by atoms with E-state index in [0.29, 0.717) is 0 Å². The maximum absolute atomic E-state index is 3.38. The van der Waals surface area contributed by atoms with E-state index in [4.69, 9.17) is 0 Å². The highest BCUT2D eigenvalue weighted by atomic mass is 14.9. The number of fused-ring (bicyclic) bond motifs is 1. The molecular weight excluding hydrogens is 182 g/mol. The van der Waals surface area contributed by atoms with Crippen LogP contribution in [0.4, 0.5) is 5.69 Å². The van der Waals surface area contributed by atoms with Gasteiger partial charge in [-0.25, -0.2) is 0 Å². The second-order valence-electron chi connectivity index (χ2n) is 3.91. The minimum atomic E-state index is 1.08. The molecule has 2 aromatic rings. The minimum absolute atomic E-state index is 1.08. The van der Waals surface area contributed by atoms with Crippen LogP contribution in [-0.4, -0.2) is 6.54 Å². The van der Waals surface area contributed by atoms with Crippen LogP contribution < -0.4 is 5.32 Å². The molecule has 1 heteroatoms. The molecule has 1 nitrogen and oxygen atoms in total. The summed E-state index contributed by atoms with van der Waals surface area (Å²) in [6.07, 6.45) is 1.15. The third kappa shape index (κ3) is 1.50. The molecule has 0 bridgehead atoms. The first-order valence-corrected chi connectivity index (χ1v) is 5.36. The number of benzene rings is 2. The van der Waals surface area contributed by atoms with Crippen LogP contribution in [0.3, 0.4) is 0 Å². The van der Waals surface area contributed by atoms with Crippen LogP contribution in [0.1, 0.15) is 5.56 Å². The lowest BCUT2D eigenvalue weighted by molar-refractivity contribution is 1.11. The van der Waals surface area contributed by atoms with Crippen LogP contribution in [0.25, 0.3) is 11.1 Å². The van der Waals surface area contributed by atoms with E-state index < -0.39 is 0 Å². The molecule has 0 atom stereocenters. The van der Waals surface area contributed by atoms with Gasteiger partial charge < -0.3 is 5.32 Å². The summed E-state index contributed by atoms with van der Waals surface area (Å²) in [7, 11) is 0. The van der Waals surface area contributed by atoms with Gasteiger partial charge in [-0.15, -0.1) is 0 Å². The quantitative estimate of drug-likeness (QED) is 0.736. The van der Waals surface area contributed by atoms with Gasteiger partial charge in [-0.1, -0.05) is 36.4 Å². The Labute approximate surface area is 89.8 Å². The summed E-state index contributed by atoms with van der Waals surface area (Å²) in [6, 6.07) is 17.2. The van der Waals surface area contributed by atoms with E-state index in [0.717, 1.165) is 13.0 Å². The molecule has 3 rings (SSSR count). The van der Waals surface area contributed by atoms with E-state index in [2.05, 4.69) is 53.8 Å². The van der Waals surface area contributed by atoms with Crippen molar-refractivity contribution in [1.29, 1.82) is 0 Å². The molecule has 1 aliphatic heterocycles. The zero-order valence-electron chi connectivity index (χ0n) is 8.53. The lowest BCUT2D eigenvalue weighted by Gasteiger charge is -2.04. The standard InChI is InChI=1S/C14H13N/c1-2-4-11(5-3-1)12-6-7-14-13(10-12)8-9-15-14/h1-7,10,15H,8-9H2. The fraction of sp³-hybridized carbons (Fsp3) is 0.143. The molecule has 1 N–H and O–H groups in total. The number of rotatable bonds is 1. The van der Waals surface area contributed by atoms with Crippen LogP contribution in [-0.2, 0) is 6.42 Å². The van der Waals surface area contributed by atoms with Crippen molar-refractivity contribution in [2.24, 2.45) is 0 Å². The minimum Gasteiger partial charge on any atom is -0.384 e. The van der Waals surface area contributed by atoms with Crippen LogP contribution in [0, 0.1) is 0 Å². The number of hydrogen-bond donors (Lipinski definition) is 1. The van der Waals surface area contributed by atoms with Crippen LogP contribution >= 0.6 is 0 Å². The van der Waals surface area contributed by atoms with Gasteiger partial charge in [0.25, 0.3) is 0 Å². The van der Waals surface area contributed by atoms with Crippen LogP contribution in [0.5, 0.6) is 0 Å². The van der Waals surface area contributed by atoms with Crippen molar-refractivity contribution in [3.05, 3.63) is 54.1 Å². The van der Waals surface area contributed by atoms with Gasteiger partial charge >= 0.3 is 0 Å². The van der Waals surface area contributed by atoms with Crippen LogP contribution in [0.15, 0.2) is 48.5 Å². The molecule has 0 saturated carbocycles. The fourth-order valence-electron chi connectivity index (χ4n) is 2.12. The monoisotopic (exact) mass is 195 g/mol. The largest absolute Gasteiger partial charge is 0.384 e. The zero-order chi connectivity index (χ0) is 10.1. The van der Waals surface area contributed by atoms with E-state index in [-0.39, 0.29) is 0 Å². The number of nitrogens with one attached hydrogen (secondary N) is 1. The predicted molar refractivity (Wildman–Crippen MR) is 64.1 cm³/mol. The van der Waals surface area contributed by atoms with Gasteiger partial charge in [0.05, 0.1) is 0 Å². The third-order valence-electron chi connectivity index (χ3n) is 2.92. The number of hydrogen-bond acceptors (Lipinski definition) is 1. The summed E-state index contributed by atoms with van der Waals surface area (Å²) >= 11 is 0. The topological polar surface area (TPSA) is 12.0 Å². The normalized spacial score (nSPS) is 13.3. The Morgan fingerprint density at radius 1 is 0.867 bits per heavy atom. The molecule has 0 fully saturated rings. The van der Waals surface area contributed by atoms with E-state index in [1.165, 1.54) is 22.4 Å². The Hall–Kier alpha value is -1.76. The second-order valence-corrected chi connectivity index (χ2v) is 3.91. The van der Waals surface area contributed by atoms with Crippen molar-refractivity contribution >= 4 is 5.69 Å². The maximum atomic E-state index is 3.38. The summed E-state index contributed by atoms with van der Waals surface area (Å²) in [5, 5.41) is 3.38. The maximum Gasteiger partial charge on any atom is 0.0373 e. The summed E-state index contributed by atoms with van der Waals surface area (Å²) < 4.78 is 0. The average molecular weight is 195 g/mol. The average Bonchev–Trinajstić information content (AvgIpc) is 2.77. The molecule has 0 radical (unpaired) electrons. The predicted octanol–water partition coefficient (Wildman–Crippen LogP) is 3.32. The molecule has 0 aromatic heterocycles. The fourth-order valence-corrected chi connectivity index (χ4v) is 2.12. The molecule has 74 valence electrons. The summed E-state index contributed by atoms with van der Waals surface area (Å²) in [5.74, 6) is 0. The van der Waals surface area contributed by atoms with Gasteiger partial charge in [0.2, 0.25) is 0 Å². The smallest absolute Gasteiger partial charge is 0.0373 e. The van der Waals surface area contributed by atoms with Gasteiger partial charge in [-0.2, -0.15) is 0 Å². The Kier molecular flexibility index (Phi) is 1.95. The molecule has 15 heavy (non-hydrogen) atoms. The molecule has 0 saturated heterocycles. The van der Waals surface area contributed by atoms with Gasteiger partial charge in [-0.05, 0) is 35.2 Å². The molecular formula is C14H13N. The molecule has 0 unspecified atom stereocenters. The first kappa shape index (κ1) is 8.54. The SMILES string of the molecule is c1ccc(-c2ccc3c(c2)CCN3)cc1. The van der Waals surface area contributed by atoms with Crippen molar-refractivity contribution < 1.29 is 0 Å². The van der Waals surface area contributed by atoms with Crippen molar-refractivity contribution in [3.8, 4) is 11.1 Å². The molecule has 1 heterocycles. The molecule has 0 amide bonds. The van der Waals surface area contributed by atoms with E-state index in [1.54, 1.807) is 0 Å². The first-order valence-electron chi connectivity index (χ1n) is 5.36. The van der Waals surface area contributed by atoms with E-state index in [1.807, 2.05) is 0 Å². The zero-order valence-corrected chi connectivity index (χ0v) is 8.53. The van der Waals surface area contributed by atoms with Crippen molar-refractivity contribution in [3.63, 3.8) is 0 Å². The Bertz CT molecular complexity index is 474. The van der Waals surface area contributed by atoms with Crippen molar-refractivity contribution in [1.82, 2.24) is 0 Å². The Balaban J connectivity index is 2.07. The number of anilines is 1. The highest BCUT2D eigenvalue weighted by Gasteiger charge is 2.10. The first-order chi connectivity index (χ1) is 7.43. The summed E-state index contributed by atoms with van der Waals surface area (Å²) in [6.45, 7) is 1.08. The van der Waals surface area contributed by atoms with Gasteiger partial charge in [0.1, 0.15) is 0 Å². The lowest BCUT2D eigenvalue weighted by Crippen LogP contribution is -1.90. The van der Waals surface area contributed by atoms with Crippen molar-refractivity contribution in [2.75, 3.05) is 11.9 Å². The van der Waals surface area contributed by atoms with E-state index >= 15 is 0 Å². The van der Waals surface area contributed by atoms with Gasteiger partial charge in [0, 0.05) is 12.2 Å². The summed E-state index contributed by atoms with van der Waals surface area (Å²) in [5.41, 5.74) is 5.36. The van der Waals surface area contributed by atoms with Gasteiger partial charge in [0.15, 0.2) is 0 Å². The molecule has 0 aliphatic carbocycles. The Morgan fingerprint density at radius 3 is 2.60 bits per heavy atom. The highest BCUT2D eigenvalue weighted by Crippen LogP contribution is 2.28. The summed E-state index contributed by atoms with van der Waals surface area (Å²) in [4.78, 5) is 0.